The number of rotatable bonds is 4. The maximum Gasteiger partial charge on any atom is 0.416 e. The van der Waals surface area contributed by atoms with E-state index in [0.717, 1.165) is 24.3 Å². The zero-order chi connectivity index (χ0) is 15.6. The zero-order valence-corrected chi connectivity index (χ0v) is 11.7. The van der Waals surface area contributed by atoms with Crippen LogP contribution in [-0.4, -0.2) is 18.0 Å². The summed E-state index contributed by atoms with van der Waals surface area (Å²) in [4.78, 5) is 12.0. The van der Waals surface area contributed by atoms with Gasteiger partial charge in [0, 0.05) is 12.1 Å². The fourth-order valence-corrected chi connectivity index (χ4v) is 1.57. The van der Waals surface area contributed by atoms with E-state index in [1.807, 2.05) is 13.8 Å². The van der Waals surface area contributed by atoms with Crippen molar-refractivity contribution in [2.24, 2.45) is 11.7 Å². The van der Waals surface area contributed by atoms with E-state index >= 15 is 0 Å². The molecule has 0 aliphatic carbocycles. The standard InChI is InChI=1S/C14H19F3N2O/c1-9(2)13(3,8-18)19-12(20)10-4-6-11(7-5-10)14(15,16)17/h4-7,9H,8,18H2,1-3H3,(H,19,20). The lowest BCUT2D eigenvalue weighted by molar-refractivity contribution is -0.137. The van der Waals surface area contributed by atoms with Gasteiger partial charge in [-0.2, -0.15) is 13.2 Å². The number of nitrogens with two attached hydrogens (primary N) is 1. The molecular formula is C14H19F3N2O. The minimum Gasteiger partial charge on any atom is -0.345 e. The highest BCUT2D eigenvalue weighted by Gasteiger charge is 2.31. The first kappa shape index (κ1) is 16.5. The predicted octanol–water partition coefficient (Wildman–Crippen LogP) is 2.81. The first-order valence-corrected chi connectivity index (χ1v) is 6.30. The second-order valence-corrected chi connectivity index (χ2v) is 5.31. The molecule has 1 aromatic rings. The lowest BCUT2D eigenvalue weighted by Crippen LogP contribution is -2.55. The van der Waals surface area contributed by atoms with Crippen molar-refractivity contribution in [3.8, 4) is 0 Å². The summed E-state index contributed by atoms with van der Waals surface area (Å²) in [7, 11) is 0. The summed E-state index contributed by atoms with van der Waals surface area (Å²) in [6.07, 6.45) is -4.40. The number of hydrogen-bond acceptors (Lipinski definition) is 2. The van der Waals surface area contributed by atoms with Crippen LogP contribution in [0.2, 0.25) is 0 Å². The average Bonchev–Trinajstić information content (AvgIpc) is 2.37. The largest absolute Gasteiger partial charge is 0.416 e. The minimum absolute atomic E-state index is 0.103. The number of halogens is 3. The quantitative estimate of drug-likeness (QED) is 0.895. The van der Waals surface area contributed by atoms with E-state index < -0.39 is 23.2 Å². The van der Waals surface area contributed by atoms with Gasteiger partial charge in [0.05, 0.1) is 11.1 Å². The lowest BCUT2D eigenvalue weighted by atomic mass is 9.88. The SMILES string of the molecule is CC(C)C(C)(CN)NC(=O)c1ccc(C(F)(F)F)cc1. The molecule has 3 nitrogen and oxygen atoms in total. The van der Waals surface area contributed by atoms with Crippen LogP contribution in [0.4, 0.5) is 13.2 Å². The van der Waals surface area contributed by atoms with Crippen molar-refractivity contribution in [3.05, 3.63) is 35.4 Å². The highest BCUT2D eigenvalue weighted by Crippen LogP contribution is 2.29. The summed E-state index contributed by atoms with van der Waals surface area (Å²) < 4.78 is 37.3. The molecule has 0 aromatic heterocycles. The lowest BCUT2D eigenvalue weighted by Gasteiger charge is -2.33. The summed E-state index contributed by atoms with van der Waals surface area (Å²) in [6.45, 7) is 5.89. The number of benzene rings is 1. The number of carbonyl (C=O) groups excluding carboxylic acids is 1. The number of amides is 1. The fourth-order valence-electron chi connectivity index (χ4n) is 1.57. The highest BCUT2D eigenvalue weighted by atomic mass is 19.4. The van der Waals surface area contributed by atoms with Gasteiger partial charge in [0.1, 0.15) is 0 Å². The second-order valence-electron chi connectivity index (χ2n) is 5.31. The molecule has 112 valence electrons. The van der Waals surface area contributed by atoms with E-state index in [1.165, 1.54) is 0 Å². The van der Waals surface area contributed by atoms with Gasteiger partial charge in [-0.3, -0.25) is 4.79 Å². The summed E-state index contributed by atoms with van der Waals surface area (Å²) in [6, 6.07) is 4.11. The Morgan fingerprint density at radius 3 is 2.10 bits per heavy atom. The Morgan fingerprint density at radius 2 is 1.75 bits per heavy atom. The van der Waals surface area contributed by atoms with Crippen molar-refractivity contribution < 1.29 is 18.0 Å². The van der Waals surface area contributed by atoms with Crippen LogP contribution in [0.25, 0.3) is 0 Å². The van der Waals surface area contributed by atoms with E-state index in [4.69, 9.17) is 5.73 Å². The van der Waals surface area contributed by atoms with Gasteiger partial charge in [-0.25, -0.2) is 0 Å². The van der Waals surface area contributed by atoms with Crippen LogP contribution in [0, 0.1) is 5.92 Å². The van der Waals surface area contributed by atoms with Crippen LogP contribution >= 0.6 is 0 Å². The Kier molecular flexibility index (Phi) is 4.81. The van der Waals surface area contributed by atoms with Crippen LogP contribution < -0.4 is 11.1 Å². The second kappa shape index (κ2) is 5.83. The summed E-state index contributed by atoms with van der Waals surface area (Å²) in [5.41, 5.74) is 4.46. The summed E-state index contributed by atoms with van der Waals surface area (Å²) in [5, 5.41) is 2.77. The maximum absolute atomic E-state index is 12.4. The third kappa shape index (κ3) is 3.72. The Bertz CT molecular complexity index is 468. The molecule has 3 N–H and O–H groups in total. The van der Waals surface area contributed by atoms with Gasteiger partial charge in [-0.15, -0.1) is 0 Å². The molecular weight excluding hydrogens is 269 g/mol. The summed E-state index contributed by atoms with van der Waals surface area (Å²) >= 11 is 0. The van der Waals surface area contributed by atoms with E-state index in [2.05, 4.69) is 5.32 Å². The van der Waals surface area contributed by atoms with Crippen LogP contribution in [0.1, 0.15) is 36.7 Å². The fraction of sp³-hybridized carbons (Fsp3) is 0.500. The molecule has 0 spiro atoms. The number of nitrogens with one attached hydrogen (secondary N) is 1. The molecule has 0 saturated heterocycles. The van der Waals surface area contributed by atoms with Crippen molar-refractivity contribution in [2.75, 3.05) is 6.54 Å². The maximum atomic E-state index is 12.4. The molecule has 0 fully saturated rings. The predicted molar refractivity (Wildman–Crippen MR) is 71.2 cm³/mol. The molecule has 0 radical (unpaired) electrons. The van der Waals surface area contributed by atoms with Crippen molar-refractivity contribution >= 4 is 5.91 Å². The third-order valence-corrected chi connectivity index (χ3v) is 3.57. The molecule has 0 heterocycles. The Labute approximate surface area is 116 Å². The number of alkyl halides is 3. The molecule has 0 saturated carbocycles. The topological polar surface area (TPSA) is 55.1 Å². The van der Waals surface area contributed by atoms with Gasteiger partial charge >= 0.3 is 6.18 Å². The van der Waals surface area contributed by atoms with Crippen LogP contribution in [0.3, 0.4) is 0 Å². The van der Waals surface area contributed by atoms with Gasteiger partial charge in [0.15, 0.2) is 0 Å². The molecule has 1 unspecified atom stereocenters. The van der Waals surface area contributed by atoms with Crippen LogP contribution in [0.5, 0.6) is 0 Å². The van der Waals surface area contributed by atoms with Gasteiger partial charge in [0.25, 0.3) is 5.91 Å². The molecule has 0 aliphatic heterocycles. The van der Waals surface area contributed by atoms with Gasteiger partial charge < -0.3 is 11.1 Å². The highest BCUT2D eigenvalue weighted by molar-refractivity contribution is 5.94. The third-order valence-electron chi connectivity index (χ3n) is 3.57. The van der Waals surface area contributed by atoms with Crippen LogP contribution in [-0.2, 0) is 6.18 Å². The number of hydrogen-bond donors (Lipinski definition) is 2. The van der Waals surface area contributed by atoms with Gasteiger partial charge in [-0.1, -0.05) is 13.8 Å². The molecule has 6 heteroatoms. The van der Waals surface area contributed by atoms with E-state index in [-0.39, 0.29) is 18.0 Å². The summed E-state index contributed by atoms with van der Waals surface area (Å²) in [5.74, 6) is -0.328. The normalized spacial score (nSPS) is 15.0. The molecule has 1 atom stereocenters. The monoisotopic (exact) mass is 288 g/mol. The van der Waals surface area contributed by atoms with Crippen molar-refractivity contribution in [1.82, 2.24) is 5.32 Å². The molecule has 0 aliphatic rings. The van der Waals surface area contributed by atoms with Gasteiger partial charge in [0.2, 0.25) is 0 Å². The van der Waals surface area contributed by atoms with Crippen molar-refractivity contribution in [1.29, 1.82) is 0 Å². The molecule has 1 aromatic carbocycles. The number of carbonyl (C=O) groups is 1. The minimum atomic E-state index is -4.40. The van der Waals surface area contributed by atoms with Crippen LogP contribution in [0.15, 0.2) is 24.3 Å². The Hall–Kier alpha value is -1.56. The first-order valence-electron chi connectivity index (χ1n) is 6.30. The Morgan fingerprint density at radius 1 is 1.25 bits per heavy atom. The van der Waals surface area contributed by atoms with E-state index in [1.54, 1.807) is 6.92 Å². The zero-order valence-electron chi connectivity index (χ0n) is 11.7. The Balaban J connectivity index is 2.89. The average molecular weight is 288 g/mol. The first-order chi connectivity index (χ1) is 9.10. The molecule has 1 amide bonds. The molecule has 0 bridgehead atoms. The van der Waals surface area contributed by atoms with Gasteiger partial charge in [-0.05, 0) is 37.1 Å². The smallest absolute Gasteiger partial charge is 0.345 e. The van der Waals surface area contributed by atoms with Crippen molar-refractivity contribution in [3.63, 3.8) is 0 Å². The molecule has 1 rings (SSSR count). The molecule has 20 heavy (non-hydrogen) atoms. The van der Waals surface area contributed by atoms with E-state index in [9.17, 15) is 18.0 Å². The van der Waals surface area contributed by atoms with Crippen molar-refractivity contribution in [2.45, 2.75) is 32.5 Å². The van der Waals surface area contributed by atoms with E-state index in [0.29, 0.717) is 0 Å².